The predicted octanol–water partition coefficient (Wildman–Crippen LogP) is 0.266. The Morgan fingerprint density at radius 1 is 1.58 bits per heavy atom. The molecule has 4 nitrogen and oxygen atoms in total. The molecule has 0 radical (unpaired) electrons. The van der Waals surface area contributed by atoms with E-state index in [9.17, 15) is 5.11 Å². The number of hydrogen-bond acceptors (Lipinski definition) is 3. The fraction of sp³-hybridized carbons (Fsp3) is 0.714. The molecular weight excluding hydrogens is 178 g/mol. The van der Waals surface area contributed by atoms with Crippen LogP contribution < -0.4 is 0 Å². The molecule has 1 N–H and O–H groups in total. The Morgan fingerprint density at radius 3 is 2.67 bits per heavy atom. The number of halogens is 1. The summed E-state index contributed by atoms with van der Waals surface area (Å²) in [7, 11) is 1.87. The van der Waals surface area contributed by atoms with Crippen LogP contribution in [-0.4, -0.2) is 31.9 Å². The molecule has 0 aliphatic heterocycles. The van der Waals surface area contributed by atoms with Gasteiger partial charge in [0.05, 0.1) is 6.10 Å². The normalized spacial score (nSPS) is 13.3. The smallest absolute Gasteiger partial charge is 0.135 e. The van der Waals surface area contributed by atoms with E-state index in [1.54, 1.807) is 0 Å². The van der Waals surface area contributed by atoms with E-state index in [-0.39, 0.29) is 5.88 Å². The first kappa shape index (κ1) is 9.48. The molecular formula is C7H12ClN3O. The zero-order valence-corrected chi connectivity index (χ0v) is 7.91. The Hall–Kier alpha value is -0.610. The second kappa shape index (κ2) is 3.87. The van der Waals surface area contributed by atoms with Crippen LogP contribution in [0, 0.1) is 6.92 Å². The molecule has 0 saturated carbocycles. The quantitative estimate of drug-likeness (QED) is 0.695. The molecule has 12 heavy (non-hydrogen) atoms. The lowest BCUT2D eigenvalue weighted by molar-refractivity contribution is 0.195. The van der Waals surface area contributed by atoms with Gasteiger partial charge in [-0.05, 0) is 6.92 Å². The van der Waals surface area contributed by atoms with Crippen molar-refractivity contribution in [3.05, 3.63) is 11.6 Å². The van der Waals surface area contributed by atoms with Gasteiger partial charge in [-0.1, -0.05) is 0 Å². The number of hydrogen-bond donors (Lipinski definition) is 1. The van der Waals surface area contributed by atoms with Gasteiger partial charge >= 0.3 is 0 Å². The van der Waals surface area contributed by atoms with Crippen molar-refractivity contribution >= 4 is 11.6 Å². The molecule has 1 heterocycles. The van der Waals surface area contributed by atoms with E-state index in [0.717, 1.165) is 11.6 Å². The number of alkyl halides is 1. The van der Waals surface area contributed by atoms with Crippen LogP contribution in [0.1, 0.15) is 11.6 Å². The van der Waals surface area contributed by atoms with Gasteiger partial charge in [0, 0.05) is 19.3 Å². The first-order chi connectivity index (χ1) is 5.65. The van der Waals surface area contributed by atoms with Crippen molar-refractivity contribution in [3.8, 4) is 0 Å². The summed E-state index contributed by atoms with van der Waals surface area (Å²) >= 11 is 5.45. The summed E-state index contributed by atoms with van der Waals surface area (Å²) in [6.07, 6.45) is -0.0742. The summed E-state index contributed by atoms with van der Waals surface area (Å²) < 4.78 is 1.84. The molecule has 0 aromatic carbocycles. The number of aliphatic hydroxyl groups is 1. The zero-order valence-electron chi connectivity index (χ0n) is 7.16. The van der Waals surface area contributed by atoms with Crippen molar-refractivity contribution in [2.24, 2.45) is 7.05 Å². The molecule has 1 rings (SSSR count). The van der Waals surface area contributed by atoms with Gasteiger partial charge in [-0.2, -0.15) is 0 Å². The second-order valence-corrected chi connectivity index (χ2v) is 3.04. The Morgan fingerprint density at radius 2 is 2.25 bits per heavy atom. The minimum absolute atomic E-state index is 0.228. The van der Waals surface area contributed by atoms with Gasteiger partial charge in [0.2, 0.25) is 0 Å². The highest BCUT2D eigenvalue weighted by molar-refractivity contribution is 6.18. The lowest BCUT2D eigenvalue weighted by Gasteiger charge is -2.05. The Bertz CT molecular complexity index is 261. The Labute approximate surface area is 76.2 Å². The fourth-order valence-corrected chi connectivity index (χ4v) is 1.00. The molecule has 0 saturated heterocycles. The zero-order chi connectivity index (χ0) is 9.14. The maximum Gasteiger partial charge on any atom is 0.135 e. The molecule has 0 aliphatic carbocycles. The summed E-state index contributed by atoms with van der Waals surface area (Å²) in [5, 5.41) is 17.0. The summed E-state index contributed by atoms with van der Waals surface area (Å²) in [6.45, 7) is 1.86. The van der Waals surface area contributed by atoms with Crippen LogP contribution in [0.25, 0.3) is 0 Å². The highest BCUT2D eigenvalue weighted by Gasteiger charge is 2.09. The third kappa shape index (κ3) is 1.95. The lowest BCUT2D eigenvalue weighted by atomic mass is 10.3. The molecule has 1 aromatic rings. The van der Waals surface area contributed by atoms with Crippen LogP contribution in [0.2, 0.25) is 0 Å². The van der Waals surface area contributed by atoms with Gasteiger partial charge in [0.1, 0.15) is 11.6 Å². The maximum absolute atomic E-state index is 9.23. The summed E-state index contributed by atoms with van der Waals surface area (Å²) in [6, 6.07) is 0. The van der Waals surface area contributed by atoms with E-state index >= 15 is 0 Å². The van der Waals surface area contributed by atoms with Crippen molar-refractivity contribution in [2.45, 2.75) is 19.4 Å². The average molecular weight is 190 g/mol. The van der Waals surface area contributed by atoms with Gasteiger partial charge in [0.15, 0.2) is 0 Å². The molecule has 5 heteroatoms. The maximum atomic E-state index is 9.23. The summed E-state index contributed by atoms with van der Waals surface area (Å²) in [5.41, 5.74) is 0. The number of nitrogens with zero attached hydrogens (tertiary/aromatic N) is 3. The first-order valence-corrected chi connectivity index (χ1v) is 4.27. The molecule has 1 aromatic heterocycles. The van der Waals surface area contributed by atoms with Gasteiger partial charge in [0.25, 0.3) is 0 Å². The molecule has 0 spiro atoms. The third-order valence-electron chi connectivity index (χ3n) is 1.78. The molecule has 0 aliphatic rings. The van der Waals surface area contributed by atoms with E-state index < -0.39 is 6.10 Å². The van der Waals surface area contributed by atoms with E-state index in [4.69, 9.17) is 11.6 Å². The van der Waals surface area contributed by atoms with Gasteiger partial charge in [-0.25, -0.2) is 0 Å². The third-order valence-corrected chi connectivity index (χ3v) is 2.14. The van der Waals surface area contributed by atoms with E-state index in [1.807, 2.05) is 18.5 Å². The van der Waals surface area contributed by atoms with Gasteiger partial charge in [-0.3, -0.25) is 0 Å². The van der Waals surface area contributed by atoms with Crippen molar-refractivity contribution < 1.29 is 5.11 Å². The summed E-state index contributed by atoms with van der Waals surface area (Å²) in [4.78, 5) is 0. The molecule has 68 valence electrons. The van der Waals surface area contributed by atoms with Crippen LogP contribution in [0.15, 0.2) is 0 Å². The Balaban J connectivity index is 2.69. The van der Waals surface area contributed by atoms with Crippen LogP contribution in [0.3, 0.4) is 0 Å². The minimum Gasteiger partial charge on any atom is -0.391 e. The van der Waals surface area contributed by atoms with Crippen molar-refractivity contribution in [2.75, 3.05) is 5.88 Å². The molecule has 0 fully saturated rings. The molecule has 1 unspecified atom stereocenters. The topological polar surface area (TPSA) is 50.9 Å². The number of aryl methyl sites for hydroxylation is 1. The minimum atomic E-state index is -0.533. The first-order valence-electron chi connectivity index (χ1n) is 3.74. The van der Waals surface area contributed by atoms with Crippen LogP contribution in [0.5, 0.6) is 0 Å². The van der Waals surface area contributed by atoms with Crippen LogP contribution in [-0.2, 0) is 13.5 Å². The van der Waals surface area contributed by atoms with Crippen LogP contribution >= 0.6 is 11.6 Å². The highest BCUT2D eigenvalue weighted by Crippen LogP contribution is 2.02. The van der Waals surface area contributed by atoms with E-state index in [2.05, 4.69) is 10.2 Å². The molecule has 0 amide bonds. The predicted molar refractivity (Wildman–Crippen MR) is 46.2 cm³/mol. The van der Waals surface area contributed by atoms with Crippen molar-refractivity contribution in [3.63, 3.8) is 0 Å². The second-order valence-electron chi connectivity index (χ2n) is 2.73. The van der Waals surface area contributed by atoms with Crippen LogP contribution in [0.4, 0.5) is 0 Å². The SMILES string of the molecule is Cc1nnc(CC(O)CCl)n1C. The molecule has 1 atom stereocenters. The number of aromatic nitrogens is 3. The van der Waals surface area contributed by atoms with E-state index in [1.165, 1.54) is 0 Å². The van der Waals surface area contributed by atoms with Crippen molar-refractivity contribution in [1.82, 2.24) is 14.8 Å². The monoisotopic (exact) mass is 189 g/mol. The van der Waals surface area contributed by atoms with Gasteiger partial charge in [-0.15, -0.1) is 21.8 Å². The van der Waals surface area contributed by atoms with E-state index in [0.29, 0.717) is 6.42 Å². The number of rotatable bonds is 3. The largest absolute Gasteiger partial charge is 0.391 e. The standard InChI is InChI=1S/C7H12ClN3O/c1-5-9-10-7(11(5)2)3-6(12)4-8/h6,12H,3-4H2,1-2H3. The number of aliphatic hydroxyl groups excluding tert-OH is 1. The van der Waals surface area contributed by atoms with Crippen molar-refractivity contribution in [1.29, 1.82) is 0 Å². The van der Waals surface area contributed by atoms with Gasteiger partial charge < -0.3 is 9.67 Å². The Kier molecular flexibility index (Phi) is 3.05. The average Bonchev–Trinajstić information content (AvgIpc) is 2.36. The fourth-order valence-electron chi connectivity index (χ4n) is 0.894. The molecule has 0 bridgehead atoms. The lowest BCUT2D eigenvalue weighted by Crippen LogP contribution is -2.15. The highest BCUT2D eigenvalue weighted by atomic mass is 35.5. The summed E-state index contributed by atoms with van der Waals surface area (Å²) in [5.74, 6) is 1.83.